The van der Waals surface area contributed by atoms with Gasteiger partial charge in [0, 0.05) is 11.8 Å². The van der Waals surface area contributed by atoms with Crippen molar-refractivity contribution in [1.82, 2.24) is 0 Å². The summed E-state index contributed by atoms with van der Waals surface area (Å²) < 4.78 is 0. The number of allylic oxidation sites excluding steroid dienone is 5. The minimum absolute atomic E-state index is 0.488. The molecule has 52 valence electrons. The lowest BCUT2D eigenvalue weighted by Crippen LogP contribution is -2.02. The van der Waals surface area contributed by atoms with Gasteiger partial charge in [-0.3, -0.25) is 0 Å². The van der Waals surface area contributed by atoms with Crippen LogP contribution >= 0.6 is 0 Å². The predicted octanol–water partition coefficient (Wildman–Crippen LogP) is 1.36. The van der Waals surface area contributed by atoms with Crippen molar-refractivity contribution in [1.29, 1.82) is 5.41 Å². The number of rotatable bonds is 0. The molecule has 0 aromatic rings. The van der Waals surface area contributed by atoms with Crippen molar-refractivity contribution in [3.8, 4) is 0 Å². The number of hydrogen-bond donors (Lipinski definition) is 2. The smallest absolute Gasteiger partial charge is 0.0629 e. The summed E-state index contributed by atoms with van der Waals surface area (Å²) in [6.07, 6.45) is 7.02. The van der Waals surface area contributed by atoms with Gasteiger partial charge in [-0.15, -0.1) is 0 Å². The molecule has 0 heterocycles. The Morgan fingerprint density at radius 2 is 2.20 bits per heavy atom. The molecule has 0 aliphatic heterocycles. The Hall–Kier alpha value is -1.31. The Morgan fingerprint density at radius 1 is 1.50 bits per heavy atom. The van der Waals surface area contributed by atoms with Gasteiger partial charge in [0.25, 0.3) is 0 Å². The monoisotopic (exact) mass is 134 g/mol. The zero-order valence-electron chi connectivity index (χ0n) is 5.89. The summed E-state index contributed by atoms with van der Waals surface area (Å²) in [7, 11) is 0. The highest BCUT2D eigenvalue weighted by Crippen LogP contribution is 2.10. The molecule has 0 saturated carbocycles. The van der Waals surface area contributed by atoms with Gasteiger partial charge < -0.3 is 11.1 Å². The molecule has 0 atom stereocenters. The van der Waals surface area contributed by atoms with Crippen LogP contribution in [-0.4, -0.2) is 5.71 Å². The van der Waals surface area contributed by atoms with Crippen molar-refractivity contribution >= 4 is 5.71 Å². The Kier molecular flexibility index (Phi) is 1.71. The van der Waals surface area contributed by atoms with Crippen LogP contribution in [0.5, 0.6) is 0 Å². The average molecular weight is 134 g/mol. The highest BCUT2D eigenvalue weighted by molar-refractivity contribution is 6.09. The first-order valence-corrected chi connectivity index (χ1v) is 3.11. The molecule has 0 saturated heterocycles. The molecule has 0 aromatic heterocycles. The minimum atomic E-state index is 0.488. The van der Waals surface area contributed by atoms with E-state index in [1.807, 2.05) is 19.1 Å². The number of hydrogen-bond acceptors (Lipinski definition) is 2. The van der Waals surface area contributed by atoms with Gasteiger partial charge in [-0.05, 0) is 18.6 Å². The molecule has 2 heteroatoms. The van der Waals surface area contributed by atoms with Gasteiger partial charge in [0.1, 0.15) is 0 Å². The predicted molar refractivity (Wildman–Crippen MR) is 42.9 cm³/mol. The van der Waals surface area contributed by atoms with Crippen LogP contribution < -0.4 is 5.73 Å². The van der Waals surface area contributed by atoms with Crippen molar-refractivity contribution < 1.29 is 0 Å². The zero-order chi connectivity index (χ0) is 7.56. The Labute approximate surface area is 60.2 Å². The molecule has 3 N–H and O–H groups in total. The molecule has 0 radical (unpaired) electrons. The molecule has 0 amide bonds. The molecule has 0 bridgehead atoms. The van der Waals surface area contributed by atoms with Gasteiger partial charge in [-0.1, -0.05) is 12.2 Å². The SMILES string of the molecule is CC1=CC(=N)/C(=C\N)C=C1. The largest absolute Gasteiger partial charge is 0.404 e. The van der Waals surface area contributed by atoms with E-state index in [9.17, 15) is 0 Å². The third kappa shape index (κ3) is 1.16. The zero-order valence-corrected chi connectivity index (χ0v) is 5.89. The minimum Gasteiger partial charge on any atom is -0.404 e. The molecule has 0 aromatic carbocycles. The van der Waals surface area contributed by atoms with Gasteiger partial charge >= 0.3 is 0 Å². The second kappa shape index (κ2) is 2.52. The first-order chi connectivity index (χ1) is 4.74. The van der Waals surface area contributed by atoms with Crippen LogP contribution in [0, 0.1) is 5.41 Å². The lowest BCUT2D eigenvalue weighted by molar-refractivity contribution is 1.41. The summed E-state index contributed by atoms with van der Waals surface area (Å²) in [6, 6.07) is 0. The van der Waals surface area contributed by atoms with Gasteiger partial charge in [0.05, 0.1) is 5.71 Å². The number of nitrogens with one attached hydrogen (secondary N) is 1. The maximum Gasteiger partial charge on any atom is 0.0629 e. The summed E-state index contributed by atoms with van der Waals surface area (Å²) in [5.74, 6) is 0. The lowest BCUT2D eigenvalue weighted by Gasteiger charge is -2.04. The standard InChI is InChI=1S/C8H10N2/c1-6-2-3-7(5-9)8(10)4-6/h2-5,10H,9H2,1H3/b7-5-,10-8?. The van der Waals surface area contributed by atoms with Gasteiger partial charge in [-0.25, -0.2) is 0 Å². The van der Waals surface area contributed by atoms with E-state index in [-0.39, 0.29) is 0 Å². The Bertz CT molecular complexity index is 244. The molecule has 1 aliphatic rings. The van der Waals surface area contributed by atoms with Crippen LogP contribution in [0.2, 0.25) is 0 Å². The summed E-state index contributed by atoms with van der Waals surface area (Å²) in [5, 5.41) is 7.40. The van der Waals surface area contributed by atoms with Crippen molar-refractivity contribution in [2.75, 3.05) is 0 Å². The number of nitrogens with two attached hydrogens (primary N) is 1. The van der Waals surface area contributed by atoms with Gasteiger partial charge in [0.15, 0.2) is 0 Å². The van der Waals surface area contributed by atoms with Gasteiger partial charge in [-0.2, -0.15) is 0 Å². The van der Waals surface area contributed by atoms with Crippen LogP contribution in [0.4, 0.5) is 0 Å². The van der Waals surface area contributed by atoms with Crippen LogP contribution in [-0.2, 0) is 0 Å². The average Bonchev–Trinajstić information content (AvgIpc) is 1.88. The second-order valence-corrected chi connectivity index (χ2v) is 2.26. The van der Waals surface area contributed by atoms with Crippen LogP contribution in [0.3, 0.4) is 0 Å². The van der Waals surface area contributed by atoms with Crippen molar-refractivity contribution in [3.05, 3.63) is 35.6 Å². The summed E-state index contributed by atoms with van der Waals surface area (Å²) >= 11 is 0. The third-order valence-corrected chi connectivity index (χ3v) is 1.39. The molecular formula is C8H10N2. The highest BCUT2D eigenvalue weighted by Gasteiger charge is 2.01. The Morgan fingerprint density at radius 3 is 2.70 bits per heavy atom. The van der Waals surface area contributed by atoms with E-state index in [4.69, 9.17) is 11.1 Å². The fraction of sp³-hybridized carbons (Fsp3) is 0.125. The molecule has 1 rings (SSSR count). The first kappa shape index (κ1) is 6.81. The molecule has 1 aliphatic carbocycles. The third-order valence-electron chi connectivity index (χ3n) is 1.39. The van der Waals surface area contributed by atoms with E-state index in [1.54, 1.807) is 6.08 Å². The van der Waals surface area contributed by atoms with Gasteiger partial charge in [0.2, 0.25) is 0 Å². The first-order valence-electron chi connectivity index (χ1n) is 3.11. The van der Waals surface area contributed by atoms with E-state index in [1.165, 1.54) is 6.20 Å². The molecular weight excluding hydrogens is 124 g/mol. The highest BCUT2D eigenvalue weighted by atomic mass is 14.5. The summed E-state index contributed by atoms with van der Waals surface area (Å²) in [6.45, 7) is 1.96. The van der Waals surface area contributed by atoms with Crippen LogP contribution in [0.25, 0.3) is 0 Å². The molecule has 0 unspecified atom stereocenters. The molecule has 0 spiro atoms. The van der Waals surface area contributed by atoms with E-state index >= 15 is 0 Å². The van der Waals surface area contributed by atoms with Crippen LogP contribution in [0.1, 0.15) is 6.92 Å². The fourth-order valence-electron chi connectivity index (χ4n) is 0.815. The maximum absolute atomic E-state index is 7.40. The summed E-state index contributed by atoms with van der Waals surface area (Å²) in [5.41, 5.74) is 7.62. The second-order valence-electron chi connectivity index (χ2n) is 2.26. The molecule has 0 fully saturated rings. The van der Waals surface area contributed by atoms with Crippen molar-refractivity contribution in [2.24, 2.45) is 5.73 Å². The maximum atomic E-state index is 7.40. The fourth-order valence-corrected chi connectivity index (χ4v) is 0.815. The molecule has 10 heavy (non-hydrogen) atoms. The van der Waals surface area contributed by atoms with E-state index in [0.29, 0.717) is 5.71 Å². The lowest BCUT2D eigenvalue weighted by atomic mass is 10.0. The Balaban J connectivity index is 2.95. The van der Waals surface area contributed by atoms with Crippen molar-refractivity contribution in [2.45, 2.75) is 6.92 Å². The normalized spacial score (nSPS) is 21.5. The van der Waals surface area contributed by atoms with E-state index in [2.05, 4.69) is 0 Å². The van der Waals surface area contributed by atoms with E-state index in [0.717, 1.165) is 11.1 Å². The topological polar surface area (TPSA) is 49.9 Å². The van der Waals surface area contributed by atoms with E-state index < -0.39 is 0 Å². The molecule has 2 nitrogen and oxygen atoms in total. The quantitative estimate of drug-likeness (QED) is 0.516. The van der Waals surface area contributed by atoms with Crippen molar-refractivity contribution in [3.63, 3.8) is 0 Å². The van der Waals surface area contributed by atoms with Crippen LogP contribution in [0.15, 0.2) is 35.6 Å². The summed E-state index contributed by atoms with van der Waals surface area (Å²) in [4.78, 5) is 0.